The van der Waals surface area contributed by atoms with Crippen molar-refractivity contribution in [2.24, 2.45) is 5.92 Å². The zero-order chi connectivity index (χ0) is 12.2. The quantitative estimate of drug-likeness (QED) is 0.758. The monoisotopic (exact) mass is 217 g/mol. The van der Waals surface area contributed by atoms with Crippen molar-refractivity contribution in [2.75, 3.05) is 6.54 Å². The van der Waals surface area contributed by atoms with Gasteiger partial charge in [-0.3, -0.25) is 0 Å². The van der Waals surface area contributed by atoms with E-state index in [0.29, 0.717) is 6.54 Å². The van der Waals surface area contributed by atoms with Gasteiger partial charge in [0, 0.05) is 18.0 Å². The number of nitrogens with zero attached hydrogens (tertiary/aromatic N) is 1. The highest BCUT2D eigenvalue weighted by Crippen LogP contribution is 2.19. The van der Waals surface area contributed by atoms with Crippen LogP contribution in [0.5, 0.6) is 0 Å². The van der Waals surface area contributed by atoms with Crippen molar-refractivity contribution in [3.63, 3.8) is 0 Å². The Kier molecular flexibility index (Phi) is 5.08. The highest BCUT2D eigenvalue weighted by atomic mass is 16.4. The molecule has 4 heteroatoms. The summed E-state index contributed by atoms with van der Waals surface area (Å²) >= 11 is 0. The summed E-state index contributed by atoms with van der Waals surface area (Å²) in [7, 11) is 0. The molecule has 0 aromatic carbocycles. The molecule has 0 aliphatic carbocycles. The summed E-state index contributed by atoms with van der Waals surface area (Å²) < 4.78 is 0. The highest BCUT2D eigenvalue weighted by Gasteiger charge is 2.29. The third-order valence-corrected chi connectivity index (χ3v) is 2.66. The van der Waals surface area contributed by atoms with Gasteiger partial charge in [-0.2, -0.15) is 0 Å². The van der Waals surface area contributed by atoms with E-state index in [1.165, 1.54) is 4.90 Å². The number of hydrogen-bond donors (Lipinski definition) is 2. The third-order valence-electron chi connectivity index (χ3n) is 2.66. The maximum absolute atomic E-state index is 11.1. The molecule has 1 unspecified atom stereocenters. The van der Waals surface area contributed by atoms with Crippen molar-refractivity contribution in [1.82, 2.24) is 4.90 Å². The van der Waals surface area contributed by atoms with Gasteiger partial charge in [-0.05, 0) is 34.1 Å². The van der Waals surface area contributed by atoms with E-state index >= 15 is 0 Å². The van der Waals surface area contributed by atoms with Gasteiger partial charge < -0.3 is 15.1 Å². The second-order valence-electron chi connectivity index (χ2n) is 4.97. The van der Waals surface area contributed by atoms with E-state index in [2.05, 4.69) is 0 Å². The Bertz CT molecular complexity index is 208. The van der Waals surface area contributed by atoms with Gasteiger partial charge >= 0.3 is 6.09 Å². The zero-order valence-corrected chi connectivity index (χ0v) is 10.3. The molecule has 0 rings (SSSR count). The van der Waals surface area contributed by atoms with Crippen molar-refractivity contribution >= 4 is 6.09 Å². The summed E-state index contributed by atoms with van der Waals surface area (Å²) in [5, 5.41) is 18.6. The Morgan fingerprint density at radius 2 is 1.87 bits per heavy atom. The smallest absolute Gasteiger partial charge is 0.407 e. The fraction of sp³-hybridized carbons (Fsp3) is 0.909. The van der Waals surface area contributed by atoms with Crippen LogP contribution in [0.25, 0.3) is 0 Å². The average Bonchev–Trinajstić information content (AvgIpc) is 2.01. The minimum atomic E-state index is -0.929. The van der Waals surface area contributed by atoms with Gasteiger partial charge in [0.1, 0.15) is 0 Å². The standard InChI is InChI=1S/C11H23NO3/c1-6-9(8(2)13)7-12(10(14)15)11(3,4)5/h8-9,13H,6-7H2,1-5H3,(H,14,15)/t8?,9-/m0/s1. The van der Waals surface area contributed by atoms with E-state index in [1.54, 1.807) is 6.92 Å². The molecule has 0 aromatic rings. The molecule has 90 valence electrons. The number of aliphatic hydroxyl groups excluding tert-OH is 1. The van der Waals surface area contributed by atoms with Gasteiger partial charge in [0.25, 0.3) is 0 Å². The van der Waals surface area contributed by atoms with Crippen molar-refractivity contribution < 1.29 is 15.0 Å². The number of carbonyl (C=O) groups is 1. The third kappa shape index (κ3) is 4.51. The van der Waals surface area contributed by atoms with Crippen LogP contribution in [0.1, 0.15) is 41.0 Å². The van der Waals surface area contributed by atoms with Crippen LogP contribution in [-0.2, 0) is 0 Å². The zero-order valence-electron chi connectivity index (χ0n) is 10.3. The fourth-order valence-electron chi connectivity index (χ4n) is 1.50. The molecule has 0 saturated carbocycles. The highest BCUT2D eigenvalue weighted by molar-refractivity contribution is 5.66. The number of rotatable bonds is 4. The van der Waals surface area contributed by atoms with E-state index < -0.39 is 17.7 Å². The Morgan fingerprint density at radius 1 is 1.40 bits per heavy atom. The molecule has 0 aliphatic rings. The van der Waals surface area contributed by atoms with Crippen molar-refractivity contribution in [1.29, 1.82) is 0 Å². The van der Waals surface area contributed by atoms with Gasteiger partial charge in [0.05, 0.1) is 6.10 Å². The first-order valence-corrected chi connectivity index (χ1v) is 5.38. The van der Waals surface area contributed by atoms with E-state index in [0.717, 1.165) is 6.42 Å². The second kappa shape index (κ2) is 5.35. The van der Waals surface area contributed by atoms with Crippen LogP contribution in [0, 0.1) is 5.92 Å². The number of hydrogen-bond acceptors (Lipinski definition) is 2. The molecule has 4 nitrogen and oxygen atoms in total. The van der Waals surface area contributed by atoms with Crippen molar-refractivity contribution in [3.8, 4) is 0 Å². The first-order chi connectivity index (χ1) is 6.70. The molecule has 0 aromatic heterocycles. The van der Waals surface area contributed by atoms with Crippen molar-refractivity contribution in [2.45, 2.75) is 52.7 Å². The lowest BCUT2D eigenvalue weighted by atomic mass is 9.97. The lowest BCUT2D eigenvalue weighted by Crippen LogP contribution is -2.48. The number of carboxylic acid groups (broad SMARTS) is 1. The fourth-order valence-corrected chi connectivity index (χ4v) is 1.50. The van der Waals surface area contributed by atoms with Crippen LogP contribution in [0.2, 0.25) is 0 Å². The van der Waals surface area contributed by atoms with Gasteiger partial charge in [0.2, 0.25) is 0 Å². The molecule has 2 atom stereocenters. The van der Waals surface area contributed by atoms with Crippen LogP contribution < -0.4 is 0 Å². The first-order valence-electron chi connectivity index (χ1n) is 5.38. The van der Waals surface area contributed by atoms with E-state index in [-0.39, 0.29) is 5.92 Å². The van der Waals surface area contributed by atoms with Crippen LogP contribution in [0.4, 0.5) is 4.79 Å². The molecule has 0 heterocycles. The van der Waals surface area contributed by atoms with E-state index in [1.807, 2.05) is 27.7 Å². The molecule has 0 spiro atoms. The summed E-state index contributed by atoms with van der Waals surface area (Å²) in [5.41, 5.74) is -0.422. The molecule has 1 amide bonds. The minimum absolute atomic E-state index is 0.000301. The SMILES string of the molecule is CC[C@@H](CN(C(=O)O)C(C)(C)C)C(C)O. The predicted molar refractivity (Wildman–Crippen MR) is 59.9 cm³/mol. The van der Waals surface area contributed by atoms with Crippen LogP contribution in [0.3, 0.4) is 0 Å². The molecular weight excluding hydrogens is 194 g/mol. The average molecular weight is 217 g/mol. The molecule has 0 saturated heterocycles. The Hall–Kier alpha value is -0.770. The lowest BCUT2D eigenvalue weighted by Gasteiger charge is -2.36. The normalized spacial score (nSPS) is 15.9. The topological polar surface area (TPSA) is 60.8 Å². The minimum Gasteiger partial charge on any atom is -0.465 e. The van der Waals surface area contributed by atoms with Crippen molar-refractivity contribution in [3.05, 3.63) is 0 Å². The van der Waals surface area contributed by atoms with Gasteiger partial charge in [0.15, 0.2) is 0 Å². The molecule has 2 N–H and O–H groups in total. The Labute approximate surface area is 91.9 Å². The first kappa shape index (κ1) is 14.2. The summed E-state index contributed by atoms with van der Waals surface area (Å²) in [6.45, 7) is 9.62. The predicted octanol–water partition coefficient (Wildman–Crippen LogP) is 2.17. The van der Waals surface area contributed by atoms with Crippen LogP contribution >= 0.6 is 0 Å². The summed E-state index contributed by atoms with van der Waals surface area (Å²) in [6.07, 6.45) is -0.627. The number of amides is 1. The summed E-state index contributed by atoms with van der Waals surface area (Å²) in [5.74, 6) is 0.000301. The number of aliphatic hydroxyl groups is 1. The second-order valence-corrected chi connectivity index (χ2v) is 4.97. The van der Waals surface area contributed by atoms with Crippen LogP contribution in [-0.4, -0.2) is 39.4 Å². The van der Waals surface area contributed by atoms with Crippen LogP contribution in [0.15, 0.2) is 0 Å². The Balaban J connectivity index is 4.61. The molecule has 0 bridgehead atoms. The van der Waals surface area contributed by atoms with E-state index in [4.69, 9.17) is 5.11 Å². The van der Waals surface area contributed by atoms with Gasteiger partial charge in [-0.15, -0.1) is 0 Å². The van der Waals surface area contributed by atoms with Gasteiger partial charge in [-0.25, -0.2) is 4.79 Å². The molecule has 15 heavy (non-hydrogen) atoms. The molecule has 0 fully saturated rings. The Morgan fingerprint density at radius 3 is 2.07 bits per heavy atom. The maximum atomic E-state index is 11.1. The maximum Gasteiger partial charge on any atom is 0.407 e. The summed E-state index contributed by atoms with van der Waals surface area (Å²) in [6, 6.07) is 0. The summed E-state index contributed by atoms with van der Waals surface area (Å²) in [4.78, 5) is 12.4. The van der Waals surface area contributed by atoms with Gasteiger partial charge in [-0.1, -0.05) is 6.92 Å². The lowest BCUT2D eigenvalue weighted by molar-refractivity contribution is 0.0529. The largest absolute Gasteiger partial charge is 0.465 e. The molecule has 0 aliphatic heterocycles. The molecule has 0 radical (unpaired) electrons. The van der Waals surface area contributed by atoms with E-state index in [9.17, 15) is 9.90 Å². The molecular formula is C11H23NO3.